The minimum Gasteiger partial charge on any atom is -0.497 e. The average molecular weight is 374 g/mol. The Hall–Kier alpha value is -3.94. The lowest BCUT2D eigenvalue weighted by molar-refractivity contribution is 0.102. The quantitative estimate of drug-likeness (QED) is 0.561. The van der Waals surface area contributed by atoms with Crippen molar-refractivity contribution >= 4 is 11.6 Å². The first-order valence-electron chi connectivity index (χ1n) is 8.63. The molecule has 2 aromatic heterocycles. The predicted octanol–water partition coefficient (Wildman–Crippen LogP) is 2.77. The van der Waals surface area contributed by atoms with Gasteiger partial charge in [-0.15, -0.1) is 10.2 Å². The maximum Gasteiger partial charge on any atom is 0.255 e. The number of benzene rings is 2. The summed E-state index contributed by atoms with van der Waals surface area (Å²) >= 11 is 0. The number of hydrogen-bond donors (Lipinski definition) is 1. The number of rotatable bonds is 6. The Morgan fingerprint density at radius 2 is 1.89 bits per heavy atom. The summed E-state index contributed by atoms with van der Waals surface area (Å²) in [6.45, 7) is 0.584. The van der Waals surface area contributed by atoms with Crippen molar-refractivity contribution in [3.8, 4) is 11.4 Å². The minimum atomic E-state index is -0.198. The van der Waals surface area contributed by atoms with Crippen LogP contribution in [0.1, 0.15) is 15.9 Å². The Labute approximate surface area is 161 Å². The van der Waals surface area contributed by atoms with E-state index in [9.17, 15) is 4.79 Å². The molecule has 0 spiro atoms. The topological polar surface area (TPSA) is 86.9 Å². The van der Waals surface area contributed by atoms with Crippen LogP contribution in [-0.2, 0) is 6.54 Å². The van der Waals surface area contributed by atoms with E-state index in [1.807, 2.05) is 36.4 Å². The first kappa shape index (κ1) is 17.5. The summed E-state index contributed by atoms with van der Waals surface area (Å²) in [5.41, 5.74) is 3.13. The van der Waals surface area contributed by atoms with Gasteiger partial charge >= 0.3 is 0 Å². The van der Waals surface area contributed by atoms with Gasteiger partial charge in [0.1, 0.15) is 18.4 Å². The van der Waals surface area contributed by atoms with Crippen LogP contribution in [0.5, 0.6) is 5.75 Å². The highest BCUT2D eigenvalue weighted by Crippen LogP contribution is 2.15. The Morgan fingerprint density at radius 3 is 2.64 bits per heavy atom. The number of carbonyl (C=O) groups excluding carboxylic acids is 1. The molecule has 140 valence electrons. The van der Waals surface area contributed by atoms with Crippen LogP contribution in [0, 0.1) is 0 Å². The summed E-state index contributed by atoms with van der Waals surface area (Å²) in [5, 5.41) is 14.7. The number of aromatic nitrogens is 5. The molecule has 4 rings (SSSR count). The van der Waals surface area contributed by atoms with Gasteiger partial charge in [-0.1, -0.05) is 12.1 Å². The molecule has 0 saturated heterocycles. The van der Waals surface area contributed by atoms with Crippen molar-refractivity contribution in [2.45, 2.75) is 6.54 Å². The van der Waals surface area contributed by atoms with E-state index in [1.165, 1.54) is 0 Å². The van der Waals surface area contributed by atoms with Crippen LogP contribution in [0.25, 0.3) is 5.69 Å². The zero-order valence-corrected chi connectivity index (χ0v) is 15.2. The second-order valence-electron chi connectivity index (χ2n) is 6.15. The van der Waals surface area contributed by atoms with Crippen molar-refractivity contribution in [2.24, 2.45) is 0 Å². The van der Waals surface area contributed by atoms with E-state index in [-0.39, 0.29) is 5.91 Å². The van der Waals surface area contributed by atoms with E-state index in [0.29, 0.717) is 17.8 Å². The fourth-order valence-corrected chi connectivity index (χ4v) is 2.79. The van der Waals surface area contributed by atoms with Crippen molar-refractivity contribution in [1.82, 2.24) is 24.5 Å². The molecule has 0 unspecified atom stereocenters. The highest BCUT2D eigenvalue weighted by atomic mass is 16.5. The highest BCUT2D eigenvalue weighted by Gasteiger charge is 2.08. The van der Waals surface area contributed by atoms with Crippen LogP contribution in [0.4, 0.5) is 5.69 Å². The largest absolute Gasteiger partial charge is 0.497 e. The third kappa shape index (κ3) is 3.90. The number of anilines is 1. The molecule has 0 bridgehead atoms. The molecule has 0 aliphatic rings. The van der Waals surface area contributed by atoms with Crippen LogP contribution in [0.15, 0.2) is 73.6 Å². The molecule has 2 aromatic carbocycles. The van der Waals surface area contributed by atoms with Crippen molar-refractivity contribution in [1.29, 1.82) is 0 Å². The fourth-order valence-electron chi connectivity index (χ4n) is 2.79. The van der Waals surface area contributed by atoms with Gasteiger partial charge in [0.25, 0.3) is 5.91 Å². The average Bonchev–Trinajstić information content (AvgIpc) is 3.41. The monoisotopic (exact) mass is 374 g/mol. The van der Waals surface area contributed by atoms with Crippen molar-refractivity contribution < 1.29 is 9.53 Å². The van der Waals surface area contributed by atoms with Gasteiger partial charge in [-0.25, -0.2) is 0 Å². The number of carbonyl (C=O) groups is 1. The number of ether oxygens (including phenoxy) is 1. The van der Waals surface area contributed by atoms with Crippen molar-refractivity contribution in [3.05, 3.63) is 84.7 Å². The molecule has 0 fully saturated rings. The molecule has 0 aliphatic heterocycles. The SMILES string of the molecule is COc1cccc(Cn2cc(NC(=O)c3ccc(-n4cnnc4)cc3)cn2)c1. The zero-order chi connectivity index (χ0) is 19.3. The molecule has 1 N–H and O–H groups in total. The molecule has 8 heteroatoms. The molecule has 0 atom stereocenters. The maximum absolute atomic E-state index is 12.5. The Balaban J connectivity index is 1.41. The molecular weight excluding hydrogens is 356 g/mol. The second-order valence-corrected chi connectivity index (χ2v) is 6.15. The summed E-state index contributed by atoms with van der Waals surface area (Å²) in [6, 6.07) is 15.0. The van der Waals surface area contributed by atoms with Gasteiger partial charge in [-0.2, -0.15) is 5.10 Å². The van der Waals surface area contributed by atoms with Crippen LogP contribution >= 0.6 is 0 Å². The van der Waals surface area contributed by atoms with Gasteiger partial charge in [-0.3, -0.25) is 14.0 Å². The molecule has 0 aliphatic carbocycles. The molecule has 0 radical (unpaired) electrons. The first-order valence-corrected chi connectivity index (χ1v) is 8.63. The lowest BCUT2D eigenvalue weighted by atomic mass is 10.2. The van der Waals surface area contributed by atoms with Crippen LogP contribution < -0.4 is 10.1 Å². The minimum absolute atomic E-state index is 0.198. The molecule has 4 aromatic rings. The van der Waals surface area contributed by atoms with Gasteiger partial charge in [0.05, 0.1) is 25.5 Å². The summed E-state index contributed by atoms with van der Waals surface area (Å²) in [4.78, 5) is 12.5. The van der Waals surface area contributed by atoms with Gasteiger partial charge in [0, 0.05) is 17.4 Å². The Morgan fingerprint density at radius 1 is 1.11 bits per heavy atom. The number of nitrogens with one attached hydrogen (secondary N) is 1. The molecule has 8 nitrogen and oxygen atoms in total. The normalized spacial score (nSPS) is 10.6. The second kappa shape index (κ2) is 7.75. The maximum atomic E-state index is 12.5. The van der Waals surface area contributed by atoms with Crippen molar-refractivity contribution in [2.75, 3.05) is 12.4 Å². The number of methoxy groups -OCH3 is 1. The summed E-state index contributed by atoms with van der Waals surface area (Å²) < 4.78 is 8.77. The standard InChI is InChI=1S/C20H18N6O2/c1-28-19-4-2-3-15(9-19)11-26-12-17(10-23-26)24-20(27)16-5-7-18(8-6-16)25-13-21-22-14-25/h2-10,12-14H,11H2,1H3,(H,24,27). The predicted molar refractivity (Wildman–Crippen MR) is 104 cm³/mol. The highest BCUT2D eigenvalue weighted by molar-refractivity contribution is 6.04. The Bertz CT molecular complexity index is 1070. The number of amides is 1. The van der Waals surface area contributed by atoms with Gasteiger partial charge in [-0.05, 0) is 42.0 Å². The molecule has 0 saturated carbocycles. The molecule has 2 heterocycles. The van der Waals surface area contributed by atoms with E-state index in [2.05, 4.69) is 20.6 Å². The number of hydrogen-bond acceptors (Lipinski definition) is 5. The summed E-state index contributed by atoms with van der Waals surface area (Å²) in [7, 11) is 1.64. The van der Waals surface area contributed by atoms with E-state index < -0.39 is 0 Å². The van der Waals surface area contributed by atoms with Crippen LogP contribution in [-0.4, -0.2) is 37.6 Å². The lowest BCUT2D eigenvalue weighted by Crippen LogP contribution is -2.11. The summed E-state index contributed by atoms with van der Waals surface area (Å²) in [5.74, 6) is 0.601. The van der Waals surface area contributed by atoms with E-state index in [0.717, 1.165) is 17.0 Å². The van der Waals surface area contributed by atoms with Crippen LogP contribution in [0.3, 0.4) is 0 Å². The molecule has 1 amide bonds. The van der Waals surface area contributed by atoms with E-state index in [1.54, 1.807) is 53.5 Å². The van der Waals surface area contributed by atoms with Gasteiger partial charge in [0.15, 0.2) is 0 Å². The van der Waals surface area contributed by atoms with Gasteiger partial charge in [0.2, 0.25) is 0 Å². The zero-order valence-electron chi connectivity index (χ0n) is 15.2. The van der Waals surface area contributed by atoms with Crippen LogP contribution in [0.2, 0.25) is 0 Å². The third-order valence-corrected chi connectivity index (χ3v) is 4.22. The van der Waals surface area contributed by atoms with Crippen molar-refractivity contribution in [3.63, 3.8) is 0 Å². The third-order valence-electron chi connectivity index (χ3n) is 4.22. The lowest BCUT2D eigenvalue weighted by Gasteiger charge is -2.05. The molecule has 28 heavy (non-hydrogen) atoms. The first-order chi connectivity index (χ1) is 13.7. The fraction of sp³-hybridized carbons (Fsp3) is 0.100. The Kier molecular flexibility index (Phi) is 4.83. The number of nitrogens with zero attached hydrogens (tertiary/aromatic N) is 5. The van der Waals surface area contributed by atoms with Gasteiger partial charge < -0.3 is 10.1 Å². The van der Waals surface area contributed by atoms with E-state index >= 15 is 0 Å². The summed E-state index contributed by atoms with van der Waals surface area (Å²) in [6.07, 6.45) is 6.63. The molecular formula is C20H18N6O2. The smallest absolute Gasteiger partial charge is 0.255 e. The van der Waals surface area contributed by atoms with E-state index in [4.69, 9.17) is 4.74 Å².